The van der Waals surface area contributed by atoms with E-state index in [-0.39, 0.29) is 23.4 Å². The zero-order chi connectivity index (χ0) is 16.2. The molecule has 0 bridgehead atoms. The van der Waals surface area contributed by atoms with Gasteiger partial charge in [-0.2, -0.15) is 0 Å². The summed E-state index contributed by atoms with van der Waals surface area (Å²) in [5, 5.41) is -0.257. The van der Waals surface area contributed by atoms with Crippen molar-refractivity contribution < 1.29 is 9.59 Å². The Hall–Kier alpha value is -2.60. The number of benzene rings is 2. The molecule has 0 radical (unpaired) electrons. The molecule has 0 unspecified atom stereocenters. The normalized spacial score (nSPS) is 18.5. The zero-order valence-electron chi connectivity index (χ0n) is 12.3. The lowest BCUT2D eigenvalue weighted by atomic mass is 10.3. The van der Waals surface area contributed by atoms with Gasteiger partial charge in [-0.3, -0.25) is 9.59 Å². The van der Waals surface area contributed by atoms with E-state index in [4.69, 9.17) is 5.73 Å². The quantitative estimate of drug-likeness (QED) is 0.535. The third-order valence-electron chi connectivity index (χ3n) is 3.38. The molecule has 0 saturated carbocycles. The van der Waals surface area contributed by atoms with Gasteiger partial charge in [-0.15, -0.1) is 0 Å². The second-order valence-corrected chi connectivity index (χ2v) is 6.22. The number of carbonyl (C=O) groups excluding carboxylic acids is 2. The van der Waals surface area contributed by atoms with Crippen LogP contribution in [0.5, 0.6) is 0 Å². The number of aliphatic imine (C=N–C) groups is 1. The van der Waals surface area contributed by atoms with E-state index in [0.717, 1.165) is 11.8 Å². The van der Waals surface area contributed by atoms with Crippen molar-refractivity contribution in [2.24, 2.45) is 10.7 Å². The highest BCUT2D eigenvalue weighted by Crippen LogP contribution is 2.30. The van der Waals surface area contributed by atoms with Gasteiger partial charge in [0.25, 0.3) is 0 Å². The summed E-state index contributed by atoms with van der Waals surface area (Å²) in [6.45, 7) is 0. The molecule has 2 amide bonds. The first-order valence-electron chi connectivity index (χ1n) is 7.13. The van der Waals surface area contributed by atoms with Crippen molar-refractivity contribution in [1.29, 1.82) is 0 Å². The molecular weight excluding hydrogens is 310 g/mol. The third kappa shape index (κ3) is 3.43. The molecule has 116 valence electrons. The second-order valence-electron chi connectivity index (χ2n) is 5.00. The SMILES string of the molecule is NC(=Nc1ccccc1)S[C@H]1CC(=O)N(c2ccccc2)C1=O. The van der Waals surface area contributed by atoms with Crippen LogP contribution in [0.1, 0.15) is 6.42 Å². The van der Waals surface area contributed by atoms with Gasteiger partial charge in [0.15, 0.2) is 5.17 Å². The van der Waals surface area contributed by atoms with Crippen LogP contribution in [-0.2, 0) is 9.59 Å². The molecule has 23 heavy (non-hydrogen) atoms. The Bertz CT molecular complexity index is 747. The number of imide groups is 1. The standard InChI is InChI=1S/C17H15N3O2S/c18-17(19-12-7-3-1-4-8-12)23-14-11-15(21)20(16(14)22)13-9-5-2-6-10-13/h1-10,14H,11H2,(H2,18,19)/t14-/m0/s1. The van der Waals surface area contributed by atoms with Crippen molar-refractivity contribution in [1.82, 2.24) is 0 Å². The van der Waals surface area contributed by atoms with Crippen molar-refractivity contribution in [2.45, 2.75) is 11.7 Å². The lowest BCUT2D eigenvalue weighted by Crippen LogP contribution is -2.31. The summed E-state index contributed by atoms with van der Waals surface area (Å²) in [6, 6.07) is 18.2. The maximum Gasteiger partial charge on any atom is 0.247 e. The minimum atomic E-state index is -0.532. The van der Waals surface area contributed by atoms with Crippen LogP contribution in [0.2, 0.25) is 0 Å². The largest absolute Gasteiger partial charge is 0.378 e. The summed E-state index contributed by atoms with van der Waals surface area (Å²) in [4.78, 5) is 30.1. The number of thioether (sulfide) groups is 1. The second kappa shape index (κ2) is 6.66. The van der Waals surface area contributed by atoms with Crippen LogP contribution in [0, 0.1) is 0 Å². The van der Waals surface area contributed by atoms with Gasteiger partial charge < -0.3 is 5.73 Å². The highest BCUT2D eigenvalue weighted by Gasteiger charge is 2.40. The van der Waals surface area contributed by atoms with Crippen molar-refractivity contribution in [3.8, 4) is 0 Å². The molecule has 3 rings (SSSR count). The Labute approximate surface area is 138 Å². The Kier molecular flexibility index (Phi) is 4.43. The smallest absolute Gasteiger partial charge is 0.247 e. The minimum absolute atomic E-state index is 0.128. The number of para-hydroxylation sites is 2. The predicted octanol–water partition coefficient (Wildman–Crippen LogP) is 2.70. The molecule has 1 aliphatic rings. The van der Waals surface area contributed by atoms with Gasteiger partial charge in [0, 0.05) is 6.42 Å². The first-order valence-corrected chi connectivity index (χ1v) is 8.01. The number of rotatable bonds is 3. The fourth-order valence-corrected chi connectivity index (χ4v) is 3.23. The van der Waals surface area contributed by atoms with Gasteiger partial charge in [0.1, 0.15) is 5.25 Å². The molecule has 6 heteroatoms. The van der Waals surface area contributed by atoms with Gasteiger partial charge >= 0.3 is 0 Å². The van der Waals surface area contributed by atoms with Gasteiger partial charge in [0.05, 0.1) is 11.4 Å². The summed E-state index contributed by atoms with van der Waals surface area (Å²) < 4.78 is 0. The summed E-state index contributed by atoms with van der Waals surface area (Å²) >= 11 is 1.13. The lowest BCUT2D eigenvalue weighted by Gasteiger charge is -2.14. The lowest BCUT2D eigenvalue weighted by molar-refractivity contribution is -0.121. The fraction of sp³-hybridized carbons (Fsp3) is 0.118. The van der Waals surface area contributed by atoms with E-state index in [1.54, 1.807) is 24.3 Å². The van der Waals surface area contributed by atoms with E-state index in [1.165, 1.54) is 4.90 Å². The van der Waals surface area contributed by atoms with Crippen LogP contribution >= 0.6 is 11.8 Å². The van der Waals surface area contributed by atoms with Crippen LogP contribution in [0.3, 0.4) is 0 Å². The van der Waals surface area contributed by atoms with Crippen LogP contribution in [0.15, 0.2) is 65.7 Å². The molecule has 1 atom stereocenters. The van der Waals surface area contributed by atoms with E-state index in [1.807, 2.05) is 36.4 Å². The van der Waals surface area contributed by atoms with Crippen molar-refractivity contribution in [2.75, 3.05) is 4.90 Å². The molecule has 0 aliphatic carbocycles. The van der Waals surface area contributed by atoms with Crippen LogP contribution < -0.4 is 10.6 Å². The average Bonchev–Trinajstić information content (AvgIpc) is 2.83. The van der Waals surface area contributed by atoms with Crippen molar-refractivity contribution in [3.05, 3.63) is 60.7 Å². The minimum Gasteiger partial charge on any atom is -0.378 e. The Morgan fingerprint density at radius 2 is 1.65 bits per heavy atom. The number of amides is 2. The summed E-state index contributed by atoms with van der Waals surface area (Å²) in [7, 11) is 0. The van der Waals surface area contributed by atoms with E-state index in [2.05, 4.69) is 4.99 Å². The van der Waals surface area contributed by atoms with Gasteiger partial charge in [-0.1, -0.05) is 48.2 Å². The van der Waals surface area contributed by atoms with Crippen LogP contribution in [-0.4, -0.2) is 22.2 Å². The van der Waals surface area contributed by atoms with E-state index < -0.39 is 5.25 Å². The summed E-state index contributed by atoms with van der Waals surface area (Å²) in [5.41, 5.74) is 7.21. The van der Waals surface area contributed by atoms with E-state index in [0.29, 0.717) is 11.4 Å². The Morgan fingerprint density at radius 3 is 2.30 bits per heavy atom. The van der Waals surface area contributed by atoms with Gasteiger partial charge in [-0.05, 0) is 24.3 Å². The van der Waals surface area contributed by atoms with E-state index in [9.17, 15) is 9.59 Å². The molecule has 1 fully saturated rings. The maximum atomic E-state index is 12.5. The monoisotopic (exact) mass is 325 g/mol. The third-order valence-corrected chi connectivity index (χ3v) is 4.36. The van der Waals surface area contributed by atoms with Crippen molar-refractivity contribution in [3.63, 3.8) is 0 Å². The highest BCUT2D eigenvalue weighted by molar-refractivity contribution is 8.15. The van der Waals surface area contributed by atoms with Crippen LogP contribution in [0.4, 0.5) is 11.4 Å². The van der Waals surface area contributed by atoms with Gasteiger partial charge in [0.2, 0.25) is 11.8 Å². The molecule has 2 aromatic rings. The predicted molar refractivity (Wildman–Crippen MR) is 92.7 cm³/mol. The van der Waals surface area contributed by atoms with Gasteiger partial charge in [-0.25, -0.2) is 9.89 Å². The van der Waals surface area contributed by atoms with Crippen molar-refractivity contribution >= 4 is 40.1 Å². The number of amidine groups is 1. The molecular formula is C17H15N3O2S. The topological polar surface area (TPSA) is 75.8 Å². The number of nitrogens with two attached hydrogens (primary N) is 1. The zero-order valence-corrected chi connectivity index (χ0v) is 13.1. The number of carbonyl (C=O) groups is 2. The molecule has 2 aromatic carbocycles. The number of hydrogen-bond acceptors (Lipinski definition) is 4. The Balaban J connectivity index is 1.74. The number of anilines is 1. The molecule has 0 aromatic heterocycles. The summed E-state index contributed by atoms with van der Waals surface area (Å²) in [5.74, 6) is -0.469. The van der Waals surface area contributed by atoms with Crippen LogP contribution in [0.25, 0.3) is 0 Å². The first kappa shape index (κ1) is 15.3. The first-order chi connectivity index (χ1) is 11.1. The molecule has 1 aliphatic heterocycles. The molecule has 1 heterocycles. The average molecular weight is 325 g/mol. The maximum absolute atomic E-state index is 12.5. The highest BCUT2D eigenvalue weighted by atomic mass is 32.2. The fourth-order valence-electron chi connectivity index (χ4n) is 2.35. The molecule has 1 saturated heterocycles. The number of nitrogens with zero attached hydrogens (tertiary/aromatic N) is 2. The van der Waals surface area contributed by atoms with E-state index >= 15 is 0 Å². The molecule has 0 spiro atoms. The molecule has 2 N–H and O–H groups in total. The Morgan fingerprint density at radius 1 is 1.04 bits per heavy atom. The number of hydrogen-bond donors (Lipinski definition) is 1. The molecule has 5 nitrogen and oxygen atoms in total. The summed E-state index contributed by atoms with van der Waals surface area (Å²) in [6.07, 6.45) is 0.128.